The van der Waals surface area contributed by atoms with E-state index >= 15 is 0 Å². The summed E-state index contributed by atoms with van der Waals surface area (Å²) in [7, 11) is 0. The summed E-state index contributed by atoms with van der Waals surface area (Å²) in [5.41, 5.74) is 1.52. The molecule has 0 atom stereocenters. The van der Waals surface area contributed by atoms with Gasteiger partial charge in [-0.2, -0.15) is 0 Å². The molecule has 0 fully saturated rings. The molecule has 0 aliphatic rings. The first-order valence-corrected chi connectivity index (χ1v) is 11.1. The van der Waals surface area contributed by atoms with Crippen LogP contribution in [0.25, 0.3) is 10.8 Å². The van der Waals surface area contributed by atoms with Crippen LogP contribution in [0.2, 0.25) is 5.02 Å². The van der Waals surface area contributed by atoms with Crippen LogP contribution < -0.4 is 15.4 Å². The molecule has 0 radical (unpaired) electrons. The van der Waals surface area contributed by atoms with Gasteiger partial charge in [-0.05, 0) is 73.6 Å². The zero-order valence-corrected chi connectivity index (χ0v) is 19.8. The van der Waals surface area contributed by atoms with Gasteiger partial charge in [-0.25, -0.2) is 8.78 Å². The van der Waals surface area contributed by atoms with Crippen molar-refractivity contribution in [3.63, 3.8) is 0 Å². The number of amides is 1. The first-order chi connectivity index (χ1) is 16.2. The number of thiocarbonyl (C=S) groups is 1. The van der Waals surface area contributed by atoms with Crippen LogP contribution in [0.5, 0.6) is 11.5 Å². The van der Waals surface area contributed by atoms with E-state index in [1.165, 1.54) is 6.07 Å². The third-order valence-electron chi connectivity index (χ3n) is 5.18. The van der Waals surface area contributed by atoms with E-state index in [0.717, 1.165) is 34.0 Å². The number of fused-ring (bicyclic) bond motifs is 1. The van der Waals surface area contributed by atoms with Crippen molar-refractivity contribution < 1.29 is 18.3 Å². The summed E-state index contributed by atoms with van der Waals surface area (Å²) in [6.07, 6.45) is 0. The number of hydrogen-bond acceptors (Lipinski definition) is 3. The van der Waals surface area contributed by atoms with E-state index in [2.05, 4.69) is 10.6 Å². The van der Waals surface area contributed by atoms with Gasteiger partial charge in [0.25, 0.3) is 5.91 Å². The number of carbonyl (C=O) groups excluding carboxylic acids is 1. The molecule has 0 saturated heterocycles. The normalized spacial score (nSPS) is 10.7. The molecule has 4 aromatic rings. The lowest BCUT2D eigenvalue weighted by atomic mass is 10.1. The van der Waals surface area contributed by atoms with Gasteiger partial charge in [0.05, 0.1) is 0 Å². The summed E-state index contributed by atoms with van der Waals surface area (Å²) < 4.78 is 33.9. The fourth-order valence-corrected chi connectivity index (χ4v) is 4.10. The molecule has 4 nitrogen and oxygen atoms in total. The van der Waals surface area contributed by atoms with Crippen molar-refractivity contribution in [3.8, 4) is 11.5 Å². The van der Waals surface area contributed by atoms with Gasteiger partial charge in [0.15, 0.2) is 5.11 Å². The SMILES string of the molecule is Cc1cc(NC(=S)NC(=O)c2c(F)cccc2F)cc(C)c1Oc1ccc(Cl)c2ccccc12. The Morgan fingerprint density at radius 2 is 1.53 bits per heavy atom. The molecule has 1 amide bonds. The molecule has 2 N–H and O–H groups in total. The molecule has 0 aromatic heterocycles. The number of ether oxygens (including phenoxy) is 1. The number of anilines is 1. The molecule has 0 heterocycles. The minimum atomic E-state index is -0.976. The number of aryl methyl sites for hydroxylation is 2. The van der Waals surface area contributed by atoms with Crippen molar-refractivity contribution in [2.45, 2.75) is 13.8 Å². The number of carbonyl (C=O) groups is 1. The molecule has 0 unspecified atom stereocenters. The van der Waals surface area contributed by atoms with Crippen LogP contribution in [0.4, 0.5) is 14.5 Å². The van der Waals surface area contributed by atoms with Gasteiger partial charge < -0.3 is 10.1 Å². The standard InChI is InChI=1S/C26H19ClF2N2O2S/c1-14-12-16(30-26(34)31-25(32)23-20(28)8-5-9-21(23)29)13-15(2)24(14)33-22-11-10-19(27)17-6-3-4-7-18(17)22/h3-13H,1-2H3,(H2,30,31,32,34). The summed E-state index contributed by atoms with van der Waals surface area (Å²) in [4.78, 5) is 12.3. The van der Waals surface area contributed by atoms with Crippen molar-refractivity contribution >= 4 is 51.3 Å². The maximum absolute atomic E-state index is 13.8. The minimum Gasteiger partial charge on any atom is -0.456 e. The van der Waals surface area contributed by atoms with Crippen LogP contribution in [0.15, 0.2) is 66.7 Å². The maximum atomic E-state index is 13.8. The highest BCUT2D eigenvalue weighted by atomic mass is 35.5. The van der Waals surface area contributed by atoms with Crippen molar-refractivity contribution in [1.29, 1.82) is 0 Å². The number of rotatable bonds is 4. The maximum Gasteiger partial charge on any atom is 0.263 e. The van der Waals surface area contributed by atoms with Gasteiger partial charge in [0.1, 0.15) is 28.7 Å². The van der Waals surface area contributed by atoms with Gasteiger partial charge in [-0.15, -0.1) is 0 Å². The highest BCUT2D eigenvalue weighted by Gasteiger charge is 2.18. The van der Waals surface area contributed by atoms with Gasteiger partial charge in [0, 0.05) is 21.5 Å². The van der Waals surface area contributed by atoms with Gasteiger partial charge >= 0.3 is 0 Å². The molecule has 0 aliphatic carbocycles. The molecule has 0 bridgehead atoms. The van der Waals surface area contributed by atoms with Crippen LogP contribution in [0, 0.1) is 25.5 Å². The third-order valence-corrected chi connectivity index (χ3v) is 5.71. The Morgan fingerprint density at radius 3 is 2.18 bits per heavy atom. The van der Waals surface area contributed by atoms with E-state index in [1.54, 1.807) is 18.2 Å². The molecule has 0 saturated carbocycles. The Balaban J connectivity index is 1.53. The fraction of sp³-hybridized carbons (Fsp3) is 0.0769. The van der Waals surface area contributed by atoms with Crippen LogP contribution in [0.1, 0.15) is 21.5 Å². The van der Waals surface area contributed by atoms with Gasteiger partial charge in [0.2, 0.25) is 0 Å². The smallest absolute Gasteiger partial charge is 0.263 e. The fourth-order valence-electron chi connectivity index (χ4n) is 3.66. The third kappa shape index (κ3) is 4.85. The largest absolute Gasteiger partial charge is 0.456 e. The Kier molecular flexibility index (Phi) is 6.77. The molecule has 8 heteroatoms. The quantitative estimate of drug-likeness (QED) is 0.291. The second kappa shape index (κ2) is 9.75. The zero-order valence-electron chi connectivity index (χ0n) is 18.2. The average molecular weight is 497 g/mol. The highest BCUT2D eigenvalue weighted by Crippen LogP contribution is 2.37. The Morgan fingerprint density at radius 1 is 0.912 bits per heavy atom. The summed E-state index contributed by atoms with van der Waals surface area (Å²) in [6.45, 7) is 3.75. The number of hydrogen-bond donors (Lipinski definition) is 2. The lowest BCUT2D eigenvalue weighted by molar-refractivity contribution is 0.0969. The molecular weight excluding hydrogens is 478 g/mol. The Labute approximate surface area is 205 Å². The average Bonchev–Trinajstić information content (AvgIpc) is 2.77. The molecule has 0 spiro atoms. The Bertz CT molecular complexity index is 1400. The first kappa shape index (κ1) is 23.6. The molecule has 4 rings (SSSR count). The summed E-state index contributed by atoms with van der Waals surface area (Å²) >= 11 is 11.5. The van der Waals surface area contributed by atoms with Crippen molar-refractivity contribution in [3.05, 3.63) is 100 Å². The summed E-state index contributed by atoms with van der Waals surface area (Å²) in [5.74, 6) is -1.58. The summed E-state index contributed by atoms with van der Waals surface area (Å²) in [5, 5.41) is 7.50. The minimum absolute atomic E-state index is 0.0937. The Hall–Kier alpha value is -3.55. The van der Waals surface area contributed by atoms with E-state index in [4.69, 9.17) is 28.6 Å². The van der Waals surface area contributed by atoms with E-state index in [-0.39, 0.29) is 5.11 Å². The van der Waals surface area contributed by atoms with Crippen molar-refractivity contribution in [2.24, 2.45) is 0 Å². The number of halogens is 3. The van der Waals surface area contributed by atoms with Crippen LogP contribution in [-0.4, -0.2) is 11.0 Å². The number of nitrogens with one attached hydrogen (secondary N) is 2. The molecule has 34 heavy (non-hydrogen) atoms. The van der Waals surface area contributed by atoms with Crippen LogP contribution >= 0.6 is 23.8 Å². The van der Waals surface area contributed by atoms with Crippen molar-refractivity contribution in [2.75, 3.05) is 5.32 Å². The van der Waals surface area contributed by atoms with E-state index in [1.807, 2.05) is 44.2 Å². The zero-order chi connectivity index (χ0) is 24.4. The number of benzene rings is 4. The summed E-state index contributed by atoms with van der Waals surface area (Å²) in [6, 6.07) is 18.1. The second-order valence-corrected chi connectivity index (χ2v) is 8.45. The van der Waals surface area contributed by atoms with Gasteiger partial charge in [-0.1, -0.05) is 41.9 Å². The molecule has 4 aromatic carbocycles. The topological polar surface area (TPSA) is 50.4 Å². The molecule has 172 valence electrons. The predicted octanol–water partition coefficient (Wildman–Crippen LogP) is 7.31. The second-order valence-electron chi connectivity index (χ2n) is 7.64. The first-order valence-electron chi connectivity index (χ1n) is 10.3. The monoisotopic (exact) mass is 496 g/mol. The molecular formula is C26H19ClF2N2O2S. The highest BCUT2D eigenvalue weighted by molar-refractivity contribution is 7.80. The van der Waals surface area contributed by atoms with Crippen LogP contribution in [-0.2, 0) is 0 Å². The van der Waals surface area contributed by atoms with E-state index in [0.29, 0.717) is 22.2 Å². The lowest BCUT2D eigenvalue weighted by Gasteiger charge is -2.17. The lowest BCUT2D eigenvalue weighted by Crippen LogP contribution is -2.35. The van der Waals surface area contributed by atoms with E-state index < -0.39 is 23.1 Å². The predicted molar refractivity (Wildman–Crippen MR) is 135 cm³/mol. The van der Waals surface area contributed by atoms with Crippen molar-refractivity contribution in [1.82, 2.24) is 5.32 Å². The van der Waals surface area contributed by atoms with Gasteiger partial charge in [-0.3, -0.25) is 10.1 Å². The molecule has 0 aliphatic heterocycles. The van der Waals surface area contributed by atoms with Crippen LogP contribution in [0.3, 0.4) is 0 Å². The van der Waals surface area contributed by atoms with E-state index in [9.17, 15) is 13.6 Å².